The van der Waals surface area contributed by atoms with Crippen LogP contribution in [0.3, 0.4) is 0 Å². The van der Waals surface area contributed by atoms with Gasteiger partial charge in [-0.15, -0.1) is 0 Å². The van der Waals surface area contributed by atoms with E-state index in [4.69, 9.17) is 14.0 Å². The lowest BCUT2D eigenvalue weighted by atomic mass is 10.1. The van der Waals surface area contributed by atoms with Gasteiger partial charge in [-0.2, -0.15) is 4.98 Å². The lowest BCUT2D eigenvalue weighted by Gasteiger charge is -2.32. The average Bonchev–Trinajstić information content (AvgIpc) is 3.29. The molecule has 2 aromatic carbocycles. The summed E-state index contributed by atoms with van der Waals surface area (Å²) < 4.78 is 16.9. The van der Waals surface area contributed by atoms with Gasteiger partial charge in [0.15, 0.2) is 5.82 Å². The number of nitrogens with zero attached hydrogens (tertiary/aromatic N) is 3. The van der Waals surface area contributed by atoms with E-state index in [0.717, 1.165) is 30.5 Å². The molecule has 1 aliphatic heterocycles. The molecular weight excluding hydrogens is 394 g/mol. The molecule has 7 nitrogen and oxygen atoms in total. The summed E-state index contributed by atoms with van der Waals surface area (Å²) in [6.45, 7) is 2.36. The van der Waals surface area contributed by atoms with Crippen LogP contribution >= 0.6 is 0 Å². The molecule has 4 rings (SSSR count). The van der Waals surface area contributed by atoms with Gasteiger partial charge in [0.1, 0.15) is 6.61 Å². The average molecular weight is 421 g/mol. The van der Waals surface area contributed by atoms with Crippen LogP contribution in [-0.4, -0.2) is 53.4 Å². The highest BCUT2D eigenvalue weighted by molar-refractivity contribution is 5.77. The zero-order chi connectivity index (χ0) is 21.3. The molecule has 1 aliphatic rings. The molecule has 0 spiro atoms. The molecule has 1 fully saturated rings. The Labute approximate surface area is 182 Å². The lowest BCUT2D eigenvalue weighted by molar-refractivity contribution is -0.140. The summed E-state index contributed by atoms with van der Waals surface area (Å²) in [5.74, 6) is 1.15. The highest BCUT2D eigenvalue weighted by Gasteiger charge is 2.24. The molecule has 31 heavy (non-hydrogen) atoms. The molecule has 1 amide bonds. The van der Waals surface area contributed by atoms with Crippen LogP contribution < -0.4 is 0 Å². The SMILES string of the molecule is O=C(COCc1ccccc1)N1CCCC(OCCc2noc(-c3ccccc3)n2)C1. The Hall–Kier alpha value is -3.03. The maximum absolute atomic E-state index is 12.5. The van der Waals surface area contributed by atoms with E-state index in [0.29, 0.717) is 37.9 Å². The number of aromatic nitrogens is 2. The first-order valence-corrected chi connectivity index (χ1v) is 10.7. The van der Waals surface area contributed by atoms with Crippen molar-refractivity contribution < 1.29 is 18.8 Å². The van der Waals surface area contributed by atoms with Crippen molar-refractivity contribution in [3.8, 4) is 11.5 Å². The standard InChI is InChI=1S/C24H27N3O4/c28-23(18-29-17-19-8-3-1-4-9-19)27-14-7-12-21(16-27)30-15-13-22-25-24(31-26-22)20-10-5-2-6-11-20/h1-6,8-11,21H,7,12-18H2. The largest absolute Gasteiger partial charge is 0.376 e. The van der Waals surface area contributed by atoms with Gasteiger partial charge in [-0.1, -0.05) is 53.7 Å². The van der Waals surface area contributed by atoms with Crippen molar-refractivity contribution in [3.05, 3.63) is 72.1 Å². The number of likely N-dealkylation sites (tertiary alicyclic amines) is 1. The van der Waals surface area contributed by atoms with Crippen LogP contribution in [0.1, 0.15) is 24.2 Å². The highest BCUT2D eigenvalue weighted by atomic mass is 16.5. The number of carbonyl (C=O) groups excluding carboxylic acids is 1. The van der Waals surface area contributed by atoms with Crippen LogP contribution in [0.5, 0.6) is 0 Å². The van der Waals surface area contributed by atoms with Crippen LogP contribution in [0.4, 0.5) is 0 Å². The van der Waals surface area contributed by atoms with Crippen molar-refractivity contribution >= 4 is 5.91 Å². The molecule has 0 bridgehead atoms. The van der Waals surface area contributed by atoms with E-state index in [1.807, 2.05) is 65.6 Å². The second-order valence-corrected chi connectivity index (χ2v) is 7.58. The van der Waals surface area contributed by atoms with Crippen molar-refractivity contribution in [2.45, 2.75) is 32.0 Å². The zero-order valence-electron chi connectivity index (χ0n) is 17.5. The first kappa shape index (κ1) is 21.2. The third-order valence-electron chi connectivity index (χ3n) is 5.24. The Morgan fingerprint density at radius 1 is 1.10 bits per heavy atom. The van der Waals surface area contributed by atoms with E-state index in [1.165, 1.54) is 0 Å². The molecule has 1 aromatic heterocycles. The molecule has 1 unspecified atom stereocenters. The maximum atomic E-state index is 12.5. The summed E-state index contributed by atoms with van der Waals surface area (Å²) in [7, 11) is 0. The van der Waals surface area contributed by atoms with Crippen molar-refractivity contribution in [2.75, 3.05) is 26.3 Å². The minimum atomic E-state index is 0.00917. The summed E-state index contributed by atoms with van der Waals surface area (Å²) >= 11 is 0. The highest BCUT2D eigenvalue weighted by Crippen LogP contribution is 2.17. The van der Waals surface area contributed by atoms with Crippen LogP contribution in [-0.2, 0) is 27.3 Å². The van der Waals surface area contributed by atoms with Crippen LogP contribution in [0.2, 0.25) is 0 Å². The Balaban J connectivity index is 1.18. The number of rotatable bonds is 9. The Morgan fingerprint density at radius 2 is 1.87 bits per heavy atom. The molecule has 162 valence electrons. The third-order valence-corrected chi connectivity index (χ3v) is 5.24. The zero-order valence-corrected chi connectivity index (χ0v) is 17.5. The maximum Gasteiger partial charge on any atom is 0.257 e. The molecule has 7 heteroatoms. The fourth-order valence-corrected chi connectivity index (χ4v) is 3.59. The Morgan fingerprint density at radius 3 is 2.68 bits per heavy atom. The Bertz CT molecular complexity index is 946. The van der Waals surface area contributed by atoms with Crippen LogP contribution in [0, 0.1) is 0 Å². The normalized spacial score (nSPS) is 16.4. The van der Waals surface area contributed by atoms with Gasteiger partial charge >= 0.3 is 0 Å². The minimum absolute atomic E-state index is 0.00917. The van der Waals surface area contributed by atoms with E-state index in [9.17, 15) is 4.79 Å². The number of amides is 1. The monoisotopic (exact) mass is 421 g/mol. The molecule has 0 saturated carbocycles. The number of hydrogen-bond donors (Lipinski definition) is 0. The summed E-state index contributed by atoms with van der Waals surface area (Å²) in [5, 5.41) is 4.03. The second-order valence-electron chi connectivity index (χ2n) is 7.58. The molecule has 3 aromatic rings. The fourth-order valence-electron chi connectivity index (χ4n) is 3.59. The van der Waals surface area contributed by atoms with Gasteiger partial charge in [0.2, 0.25) is 5.91 Å². The molecule has 2 heterocycles. The molecule has 1 atom stereocenters. The molecular formula is C24H27N3O4. The predicted octanol–water partition coefficient (Wildman–Crippen LogP) is 3.50. The van der Waals surface area contributed by atoms with E-state index in [-0.39, 0.29) is 18.6 Å². The number of ether oxygens (including phenoxy) is 2. The van der Waals surface area contributed by atoms with Crippen LogP contribution in [0.25, 0.3) is 11.5 Å². The van der Waals surface area contributed by atoms with E-state index in [1.54, 1.807) is 0 Å². The molecule has 0 aliphatic carbocycles. The number of hydrogen-bond acceptors (Lipinski definition) is 6. The van der Waals surface area contributed by atoms with Gasteiger partial charge < -0.3 is 18.9 Å². The summed E-state index contributed by atoms with van der Waals surface area (Å²) in [6.07, 6.45) is 2.46. The lowest BCUT2D eigenvalue weighted by Crippen LogP contribution is -2.44. The molecule has 0 N–H and O–H groups in total. The summed E-state index contributed by atoms with van der Waals surface area (Å²) in [5.41, 5.74) is 1.96. The minimum Gasteiger partial charge on any atom is -0.376 e. The van der Waals surface area contributed by atoms with Crippen molar-refractivity contribution in [1.29, 1.82) is 0 Å². The van der Waals surface area contributed by atoms with E-state index in [2.05, 4.69) is 10.1 Å². The first-order chi connectivity index (χ1) is 15.3. The predicted molar refractivity (Wildman–Crippen MR) is 115 cm³/mol. The Kier molecular flexibility index (Phi) is 7.41. The van der Waals surface area contributed by atoms with Gasteiger partial charge in [-0.05, 0) is 30.5 Å². The summed E-state index contributed by atoms with van der Waals surface area (Å²) in [6, 6.07) is 19.6. The number of piperidine rings is 1. The quantitative estimate of drug-likeness (QED) is 0.526. The van der Waals surface area contributed by atoms with E-state index >= 15 is 0 Å². The van der Waals surface area contributed by atoms with Gasteiger partial charge in [0.25, 0.3) is 5.89 Å². The van der Waals surface area contributed by atoms with E-state index < -0.39 is 0 Å². The number of carbonyl (C=O) groups is 1. The van der Waals surface area contributed by atoms with Crippen molar-refractivity contribution in [2.24, 2.45) is 0 Å². The fraction of sp³-hybridized carbons (Fsp3) is 0.375. The third kappa shape index (κ3) is 6.23. The first-order valence-electron chi connectivity index (χ1n) is 10.7. The molecule has 1 saturated heterocycles. The van der Waals surface area contributed by atoms with Crippen molar-refractivity contribution in [1.82, 2.24) is 15.0 Å². The van der Waals surface area contributed by atoms with Gasteiger partial charge in [0.05, 0.1) is 19.3 Å². The second kappa shape index (κ2) is 10.8. The molecule has 0 radical (unpaired) electrons. The number of benzene rings is 2. The summed E-state index contributed by atoms with van der Waals surface area (Å²) in [4.78, 5) is 18.7. The smallest absolute Gasteiger partial charge is 0.257 e. The van der Waals surface area contributed by atoms with Crippen molar-refractivity contribution in [3.63, 3.8) is 0 Å². The van der Waals surface area contributed by atoms with Gasteiger partial charge in [0, 0.05) is 25.1 Å². The van der Waals surface area contributed by atoms with Crippen LogP contribution in [0.15, 0.2) is 65.2 Å². The van der Waals surface area contributed by atoms with Gasteiger partial charge in [-0.25, -0.2) is 0 Å². The topological polar surface area (TPSA) is 77.7 Å². The van der Waals surface area contributed by atoms with Gasteiger partial charge in [-0.3, -0.25) is 4.79 Å².